The fourth-order valence-corrected chi connectivity index (χ4v) is 6.65. The highest BCUT2D eigenvalue weighted by Crippen LogP contribution is 2.23. The van der Waals surface area contributed by atoms with Crippen molar-refractivity contribution in [3.63, 3.8) is 0 Å². The van der Waals surface area contributed by atoms with Crippen LogP contribution in [0.2, 0.25) is 0 Å². The molecular weight excluding hydrogens is 676 g/mol. The zero-order chi connectivity index (χ0) is 38.8. The van der Waals surface area contributed by atoms with Crippen LogP contribution in [0.1, 0.15) is 194 Å². The van der Waals surface area contributed by atoms with Crippen molar-refractivity contribution in [3.8, 4) is 0 Å². The molecule has 0 saturated carbocycles. The number of aliphatic hydroxyl groups is 4. The fraction of sp³-hybridized carbons (Fsp3) is 0.907. The summed E-state index contributed by atoms with van der Waals surface area (Å²) in [4.78, 5) is 25.3. The van der Waals surface area contributed by atoms with Crippen LogP contribution < -0.4 is 0 Å². The Morgan fingerprint density at radius 2 is 1.00 bits per heavy atom. The summed E-state index contributed by atoms with van der Waals surface area (Å²) in [5.41, 5.74) is 0. The molecule has 0 aromatic heterocycles. The van der Waals surface area contributed by atoms with E-state index in [0.29, 0.717) is 6.42 Å². The Bertz CT molecular complexity index is 881. The molecule has 10 nitrogen and oxygen atoms in total. The number of unbranched alkanes of at least 4 members (excludes halogenated alkanes) is 23. The molecule has 0 spiro atoms. The van der Waals surface area contributed by atoms with Crippen LogP contribution >= 0.6 is 0 Å². The van der Waals surface area contributed by atoms with Crippen molar-refractivity contribution in [3.05, 3.63) is 12.2 Å². The SMILES string of the molecule is CCCCCCCC/C=C/CCCCCCCC(=O)O[C@H](COC(=O)CCCCCCCCCCCCCCC)CO[C@@H]1O[C@H](CO)[C@H](O)C(O)C1O. The maximum atomic E-state index is 12.7. The quantitative estimate of drug-likeness (QED) is 0.0277. The topological polar surface area (TPSA) is 152 Å². The number of hydrogen-bond acceptors (Lipinski definition) is 10. The molecule has 1 saturated heterocycles. The van der Waals surface area contributed by atoms with Crippen LogP contribution in [0, 0.1) is 0 Å². The van der Waals surface area contributed by atoms with Gasteiger partial charge in [-0.2, -0.15) is 0 Å². The number of rotatable bonds is 36. The average molecular weight is 757 g/mol. The second kappa shape index (κ2) is 34.9. The molecule has 0 aliphatic carbocycles. The number of aliphatic hydroxyl groups excluding tert-OH is 4. The number of carbonyl (C=O) groups excluding carboxylic acids is 2. The number of ether oxygens (including phenoxy) is 4. The third-order valence-electron chi connectivity index (χ3n) is 10.2. The van der Waals surface area contributed by atoms with Gasteiger partial charge in [-0.3, -0.25) is 9.59 Å². The van der Waals surface area contributed by atoms with E-state index in [1.165, 1.54) is 109 Å². The first-order valence-corrected chi connectivity index (χ1v) is 21.8. The van der Waals surface area contributed by atoms with Gasteiger partial charge in [-0.25, -0.2) is 0 Å². The molecule has 4 N–H and O–H groups in total. The Morgan fingerprint density at radius 1 is 0.566 bits per heavy atom. The van der Waals surface area contributed by atoms with E-state index in [-0.39, 0.29) is 32.0 Å². The van der Waals surface area contributed by atoms with E-state index in [4.69, 9.17) is 18.9 Å². The van der Waals surface area contributed by atoms with Gasteiger partial charge in [-0.1, -0.05) is 154 Å². The Labute approximate surface area is 322 Å². The molecule has 0 amide bonds. The molecule has 10 heteroatoms. The first-order chi connectivity index (χ1) is 25.8. The van der Waals surface area contributed by atoms with Crippen molar-refractivity contribution >= 4 is 11.9 Å². The molecule has 6 atom stereocenters. The Hall–Kier alpha value is -1.56. The van der Waals surface area contributed by atoms with Crippen molar-refractivity contribution in [1.82, 2.24) is 0 Å². The molecule has 0 aromatic carbocycles. The number of esters is 2. The molecule has 0 aromatic rings. The Balaban J connectivity index is 2.35. The summed E-state index contributed by atoms with van der Waals surface area (Å²) in [6.45, 7) is 3.41. The normalized spacial score (nSPS) is 20.9. The van der Waals surface area contributed by atoms with E-state index in [1.54, 1.807) is 0 Å². The maximum absolute atomic E-state index is 12.7. The van der Waals surface area contributed by atoms with Crippen LogP contribution in [-0.2, 0) is 28.5 Å². The summed E-state index contributed by atoms with van der Waals surface area (Å²) in [6.07, 6.45) is 27.9. The minimum Gasteiger partial charge on any atom is -0.462 e. The van der Waals surface area contributed by atoms with Gasteiger partial charge in [0.15, 0.2) is 12.4 Å². The Morgan fingerprint density at radius 3 is 1.47 bits per heavy atom. The summed E-state index contributed by atoms with van der Waals surface area (Å²) in [6, 6.07) is 0. The second-order valence-corrected chi connectivity index (χ2v) is 15.2. The number of allylic oxidation sites excluding steroid dienone is 2. The van der Waals surface area contributed by atoms with E-state index in [2.05, 4.69) is 26.0 Å². The molecule has 312 valence electrons. The summed E-state index contributed by atoms with van der Waals surface area (Å²) >= 11 is 0. The number of carbonyl (C=O) groups is 2. The van der Waals surface area contributed by atoms with Crippen molar-refractivity contribution in [2.45, 2.75) is 230 Å². The summed E-state index contributed by atoms with van der Waals surface area (Å²) in [7, 11) is 0. The first kappa shape index (κ1) is 49.5. The average Bonchev–Trinajstić information content (AvgIpc) is 3.15. The highest BCUT2D eigenvalue weighted by Gasteiger charge is 2.44. The van der Waals surface area contributed by atoms with E-state index >= 15 is 0 Å². The molecule has 1 aliphatic rings. The van der Waals surface area contributed by atoms with Crippen LogP contribution in [-0.4, -0.2) is 89.0 Å². The lowest BCUT2D eigenvalue weighted by atomic mass is 9.99. The zero-order valence-corrected chi connectivity index (χ0v) is 33.8. The van der Waals surface area contributed by atoms with Crippen molar-refractivity contribution in [2.24, 2.45) is 0 Å². The van der Waals surface area contributed by atoms with Gasteiger partial charge >= 0.3 is 11.9 Å². The van der Waals surface area contributed by atoms with Gasteiger partial charge in [-0.05, 0) is 38.5 Å². The van der Waals surface area contributed by atoms with Gasteiger partial charge in [0.25, 0.3) is 0 Å². The lowest BCUT2D eigenvalue weighted by Gasteiger charge is -2.39. The van der Waals surface area contributed by atoms with Gasteiger partial charge in [0.1, 0.15) is 31.0 Å². The van der Waals surface area contributed by atoms with Gasteiger partial charge in [0.2, 0.25) is 0 Å². The predicted molar refractivity (Wildman–Crippen MR) is 210 cm³/mol. The van der Waals surface area contributed by atoms with Gasteiger partial charge in [0, 0.05) is 12.8 Å². The molecule has 0 bridgehead atoms. The minimum absolute atomic E-state index is 0.215. The van der Waals surface area contributed by atoms with Crippen molar-refractivity contribution < 1.29 is 49.0 Å². The third-order valence-corrected chi connectivity index (χ3v) is 10.2. The van der Waals surface area contributed by atoms with Crippen LogP contribution in [0.5, 0.6) is 0 Å². The number of hydrogen-bond donors (Lipinski definition) is 4. The van der Waals surface area contributed by atoms with Crippen LogP contribution in [0.25, 0.3) is 0 Å². The van der Waals surface area contributed by atoms with Gasteiger partial charge in [0.05, 0.1) is 13.2 Å². The van der Waals surface area contributed by atoms with Crippen molar-refractivity contribution in [2.75, 3.05) is 19.8 Å². The highest BCUT2D eigenvalue weighted by atomic mass is 16.7. The molecular formula is C43H80O10. The molecule has 1 aliphatic heterocycles. The summed E-state index contributed by atoms with van der Waals surface area (Å²) in [5, 5.41) is 40.0. The molecule has 53 heavy (non-hydrogen) atoms. The second-order valence-electron chi connectivity index (χ2n) is 15.2. The van der Waals surface area contributed by atoms with E-state index in [1.807, 2.05) is 0 Å². The molecule has 1 heterocycles. The first-order valence-electron chi connectivity index (χ1n) is 21.8. The van der Waals surface area contributed by atoms with E-state index in [0.717, 1.165) is 51.4 Å². The van der Waals surface area contributed by atoms with Gasteiger partial charge in [-0.15, -0.1) is 0 Å². The van der Waals surface area contributed by atoms with Gasteiger partial charge < -0.3 is 39.4 Å². The fourth-order valence-electron chi connectivity index (χ4n) is 6.65. The smallest absolute Gasteiger partial charge is 0.306 e. The molecule has 1 fully saturated rings. The maximum Gasteiger partial charge on any atom is 0.306 e. The van der Waals surface area contributed by atoms with Crippen LogP contribution in [0.15, 0.2) is 12.2 Å². The summed E-state index contributed by atoms with van der Waals surface area (Å²) < 4.78 is 22.1. The molecule has 0 radical (unpaired) electrons. The molecule has 2 unspecified atom stereocenters. The minimum atomic E-state index is -1.59. The monoisotopic (exact) mass is 757 g/mol. The standard InChI is InChI=1S/C43H80O10/c1-3-5-7-9-11-13-15-17-18-20-22-24-26-28-30-32-39(46)52-36(35-51-43-42(49)41(48)40(47)37(33-44)53-43)34-50-38(45)31-29-27-25-23-21-19-16-14-12-10-8-6-4-2/h17-18,36-37,40-44,47-49H,3-16,19-35H2,1-2H3/b18-17+/t36-,37-,40+,41?,42?,43-/m1/s1. The largest absolute Gasteiger partial charge is 0.462 e. The predicted octanol–water partition coefficient (Wildman–Crippen LogP) is 8.78. The third kappa shape index (κ3) is 26.8. The lowest BCUT2D eigenvalue weighted by Crippen LogP contribution is -2.59. The lowest BCUT2D eigenvalue weighted by molar-refractivity contribution is -0.305. The van der Waals surface area contributed by atoms with E-state index < -0.39 is 49.4 Å². The zero-order valence-electron chi connectivity index (χ0n) is 33.8. The Kier molecular flexibility index (Phi) is 32.6. The van der Waals surface area contributed by atoms with Crippen LogP contribution in [0.4, 0.5) is 0 Å². The van der Waals surface area contributed by atoms with Crippen molar-refractivity contribution in [1.29, 1.82) is 0 Å². The highest BCUT2D eigenvalue weighted by molar-refractivity contribution is 5.70. The molecule has 1 rings (SSSR count). The van der Waals surface area contributed by atoms with E-state index in [9.17, 15) is 30.0 Å². The summed E-state index contributed by atoms with van der Waals surface area (Å²) in [5.74, 6) is -0.809. The van der Waals surface area contributed by atoms with Crippen LogP contribution in [0.3, 0.4) is 0 Å².